The molecule has 2 aromatic carbocycles. The Kier molecular flexibility index (Phi) is 4.40. The van der Waals surface area contributed by atoms with Gasteiger partial charge in [-0.25, -0.2) is 4.90 Å². The third kappa shape index (κ3) is 3.12. The van der Waals surface area contributed by atoms with Crippen LogP contribution in [0.1, 0.15) is 47.1 Å². The maximum absolute atomic E-state index is 13.1. The number of hydrogen-bond donors (Lipinski definition) is 0. The number of benzene rings is 2. The van der Waals surface area contributed by atoms with E-state index in [-0.39, 0.29) is 17.9 Å². The summed E-state index contributed by atoms with van der Waals surface area (Å²) in [7, 11) is 1.56. The van der Waals surface area contributed by atoms with Gasteiger partial charge < -0.3 is 4.90 Å². The highest BCUT2D eigenvalue weighted by atomic mass is 16.2. The highest BCUT2D eigenvalue weighted by Gasteiger charge is 2.33. The first-order valence-corrected chi connectivity index (χ1v) is 8.52. The zero-order chi connectivity index (χ0) is 19.1. The second-order valence-electron chi connectivity index (χ2n) is 7.54. The molecule has 134 valence electrons. The van der Waals surface area contributed by atoms with Crippen LogP contribution in [0, 0.1) is 0 Å². The molecule has 0 N–H and O–H groups in total. The summed E-state index contributed by atoms with van der Waals surface area (Å²) in [4.78, 5) is 40.7. The Morgan fingerprint density at radius 2 is 1.58 bits per heavy atom. The van der Waals surface area contributed by atoms with Crippen molar-refractivity contribution in [1.29, 1.82) is 0 Å². The largest absolute Gasteiger partial charge is 0.332 e. The molecule has 5 heteroatoms. The molecule has 0 saturated heterocycles. The van der Waals surface area contributed by atoms with Gasteiger partial charge in [-0.2, -0.15) is 0 Å². The van der Waals surface area contributed by atoms with Gasteiger partial charge in [0.15, 0.2) is 0 Å². The minimum atomic E-state index is -0.425. The molecule has 1 aliphatic heterocycles. The van der Waals surface area contributed by atoms with E-state index in [4.69, 9.17) is 0 Å². The van der Waals surface area contributed by atoms with Crippen LogP contribution in [0.5, 0.6) is 0 Å². The van der Waals surface area contributed by atoms with E-state index >= 15 is 0 Å². The number of rotatable bonds is 1. The molecule has 2 aromatic rings. The average molecular weight is 350 g/mol. The van der Waals surface area contributed by atoms with Crippen molar-refractivity contribution in [3.63, 3.8) is 0 Å². The lowest BCUT2D eigenvalue weighted by atomic mass is 9.86. The molecule has 3 rings (SSSR count). The summed E-state index contributed by atoms with van der Waals surface area (Å²) in [5.41, 5.74) is 2.17. The van der Waals surface area contributed by atoms with Gasteiger partial charge in [-0.15, -0.1) is 0 Å². The van der Waals surface area contributed by atoms with Crippen LogP contribution in [0.25, 0.3) is 0 Å². The Bertz CT molecular complexity index is 879. The van der Waals surface area contributed by atoms with E-state index in [0.29, 0.717) is 16.8 Å². The van der Waals surface area contributed by atoms with Crippen LogP contribution < -0.4 is 4.90 Å². The van der Waals surface area contributed by atoms with Gasteiger partial charge in [-0.05, 0) is 35.2 Å². The number of likely N-dealkylation sites (N-methyl/N-ethyl adjacent to an activating group) is 1. The quantitative estimate of drug-likeness (QED) is 0.742. The molecule has 0 atom stereocenters. The number of carbonyl (C=O) groups is 3. The summed E-state index contributed by atoms with van der Waals surface area (Å²) < 4.78 is 0. The predicted molar refractivity (Wildman–Crippen MR) is 100 cm³/mol. The Balaban J connectivity index is 2.04. The van der Waals surface area contributed by atoms with Crippen molar-refractivity contribution in [3.8, 4) is 0 Å². The number of amides is 3. The zero-order valence-electron chi connectivity index (χ0n) is 15.4. The van der Waals surface area contributed by atoms with Gasteiger partial charge in [0.1, 0.15) is 6.54 Å². The fraction of sp³-hybridized carbons (Fsp3) is 0.286. The van der Waals surface area contributed by atoms with Gasteiger partial charge in [0.25, 0.3) is 17.7 Å². The number of fused-ring (bicyclic) bond motifs is 1. The molecule has 3 amide bonds. The molecular formula is C21H22N2O3. The Morgan fingerprint density at radius 1 is 0.962 bits per heavy atom. The lowest BCUT2D eigenvalue weighted by Gasteiger charge is -2.22. The van der Waals surface area contributed by atoms with Crippen molar-refractivity contribution in [2.45, 2.75) is 26.2 Å². The van der Waals surface area contributed by atoms with Crippen molar-refractivity contribution in [2.24, 2.45) is 0 Å². The third-order valence-corrected chi connectivity index (χ3v) is 4.54. The van der Waals surface area contributed by atoms with E-state index in [1.54, 1.807) is 43.4 Å². The topological polar surface area (TPSA) is 57.7 Å². The highest BCUT2D eigenvalue weighted by molar-refractivity contribution is 6.25. The van der Waals surface area contributed by atoms with Gasteiger partial charge in [-0.3, -0.25) is 14.4 Å². The summed E-state index contributed by atoms with van der Waals surface area (Å²) >= 11 is 0. The van der Waals surface area contributed by atoms with Gasteiger partial charge >= 0.3 is 0 Å². The molecule has 26 heavy (non-hydrogen) atoms. The number of imide groups is 1. The maximum atomic E-state index is 13.1. The monoisotopic (exact) mass is 350 g/mol. The Hall–Kier alpha value is -2.95. The van der Waals surface area contributed by atoms with E-state index in [2.05, 4.69) is 20.8 Å². The van der Waals surface area contributed by atoms with Crippen molar-refractivity contribution in [2.75, 3.05) is 18.5 Å². The lowest BCUT2D eigenvalue weighted by molar-refractivity contribution is -0.118. The fourth-order valence-corrected chi connectivity index (χ4v) is 3.00. The third-order valence-electron chi connectivity index (χ3n) is 4.54. The van der Waals surface area contributed by atoms with E-state index in [0.717, 1.165) is 10.5 Å². The van der Waals surface area contributed by atoms with Crippen LogP contribution in [0.3, 0.4) is 0 Å². The van der Waals surface area contributed by atoms with Crippen LogP contribution in [0.15, 0.2) is 48.5 Å². The minimum absolute atomic E-state index is 0.0261. The summed E-state index contributed by atoms with van der Waals surface area (Å²) in [6.45, 7) is 6.15. The van der Waals surface area contributed by atoms with Gasteiger partial charge in [-0.1, -0.05) is 45.0 Å². The zero-order valence-corrected chi connectivity index (χ0v) is 15.4. The molecule has 0 spiro atoms. The van der Waals surface area contributed by atoms with Gasteiger partial charge in [0.2, 0.25) is 0 Å². The first kappa shape index (κ1) is 17.9. The fourth-order valence-electron chi connectivity index (χ4n) is 3.00. The van der Waals surface area contributed by atoms with E-state index < -0.39 is 11.8 Å². The molecule has 0 unspecified atom stereocenters. The molecule has 0 radical (unpaired) electrons. The number of hydrogen-bond acceptors (Lipinski definition) is 3. The molecule has 5 nitrogen and oxygen atoms in total. The average Bonchev–Trinajstić information content (AvgIpc) is 2.69. The van der Waals surface area contributed by atoms with Crippen LogP contribution >= 0.6 is 0 Å². The molecule has 0 aliphatic carbocycles. The molecular weight excluding hydrogens is 328 g/mol. The van der Waals surface area contributed by atoms with Crippen molar-refractivity contribution in [3.05, 3.63) is 65.2 Å². The molecule has 0 fully saturated rings. The van der Waals surface area contributed by atoms with Crippen molar-refractivity contribution >= 4 is 23.4 Å². The number of nitrogens with zero attached hydrogens (tertiary/aromatic N) is 2. The molecule has 0 saturated carbocycles. The maximum Gasteiger partial charge on any atom is 0.265 e. The Morgan fingerprint density at radius 3 is 2.19 bits per heavy atom. The smallest absolute Gasteiger partial charge is 0.265 e. The van der Waals surface area contributed by atoms with E-state index in [1.807, 2.05) is 12.1 Å². The van der Waals surface area contributed by atoms with Crippen molar-refractivity contribution < 1.29 is 14.4 Å². The normalized spacial score (nSPS) is 14.9. The number of carbonyl (C=O) groups excluding carboxylic acids is 3. The number of para-hydroxylation sites is 1. The van der Waals surface area contributed by atoms with Crippen LogP contribution in [0.4, 0.5) is 5.69 Å². The van der Waals surface area contributed by atoms with E-state index in [1.165, 1.54) is 4.90 Å². The number of anilines is 1. The summed E-state index contributed by atoms with van der Waals surface area (Å²) in [5.74, 6) is -1.12. The minimum Gasteiger partial charge on any atom is -0.332 e. The van der Waals surface area contributed by atoms with Crippen molar-refractivity contribution in [1.82, 2.24) is 4.90 Å². The second-order valence-corrected chi connectivity index (χ2v) is 7.54. The van der Waals surface area contributed by atoms with E-state index in [9.17, 15) is 14.4 Å². The van der Waals surface area contributed by atoms with Gasteiger partial charge in [0, 0.05) is 12.6 Å². The molecule has 1 aliphatic rings. The lowest BCUT2D eigenvalue weighted by Crippen LogP contribution is -2.41. The SMILES string of the molecule is CN1CC(=O)N(C(=O)c2ccc(C(C)(C)C)cc2)c2ccccc2C1=O. The van der Waals surface area contributed by atoms with Gasteiger partial charge in [0.05, 0.1) is 11.3 Å². The van der Waals surface area contributed by atoms with Crippen LogP contribution in [0.2, 0.25) is 0 Å². The van der Waals surface area contributed by atoms with Crippen LogP contribution in [-0.4, -0.2) is 36.2 Å². The second kappa shape index (κ2) is 6.41. The first-order chi connectivity index (χ1) is 12.2. The first-order valence-electron chi connectivity index (χ1n) is 8.52. The predicted octanol–water partition coefficient (Wildman–Crippen LogP) is 3.24. The Labute approximate surface area is 153 Å². The highest BCUT2D eigenvalue weighted by Crippen LogP contribution is 2.28. The van der Waals surface area contributed by atoms with Crippen LogP contribution in [-0.2, 0) is 10.2 Å². The summed E-state index contributed by atoms with van der Waals surface area (Å²) in [6.07, 6.45) is 0. The standard InChI is InChI=1S/C21H22N2O3/c1-21(2,3)15-11-9-14(10-12-15)19(25)23-17-8-6-5-7-16(17)20(26)22(4)13-18(23)24/h5-12H,13H2,1-4H3. The summed E-state index contributed by atoms with van der Waals surface area (Å²) in [6, 6.07) is 14.0. The molecule has 0 bridgehead atoms. The molecule has 0 aromatic heterocycles. The molecule has 1 heterocycles. The summed E-state index contributed by atoms with van der Waals surface area (Å²) in [5, 5.41) is 0.